The van der Waals surface area contributed by atoms with Crippen molar-refractivity contribution < 1.29 is 13.5 Å². The highest BCUT2D eigenvalue weighted by Crippen LogP contribution is 2.31. The molecule has 1 aliphatic heterocycles. The monoisotopic (exact) mass is 256 g/mol. The van der Waals surface area contributed by atoms with Crippen LogP contribution in [-0.4, -0.2) is 25.3 Å². The Morgan fingerprint density at radius 1 is 1.44 bits per heavy atom. The number of hydrogen-bond acceptors (Lipinski definition) is 3. The van der Waals surface area contributed by atoms with Gasteiger partial charge >= 0.3 is 0 Å². The van der Waals surface area contributed by atoms with Gasteiger partial charge in [0, 0.05) is 12.6 Å². The molecule has 5 heteroatoms. The fourth-order valence-corrected chi connectivity index (χ4v) is 2.29. The molecule has 0 aliphatic carbocycles. The zero-order valence-electron chi connectivity index (χ0n) is 10.6. The second kappa shape index (κ2) is 5.10. The Hall–Kier alpha value is -1.36. The lowest BCUT2D eigenvalue weighted by Crippen LogP contribution is -2.49. The van der Waals surface area contributed by atoms with E-state index in [1.807, 2.05) is 18.7 Å². The minimum atomic E-state index is -0.709. The highest BCUT2D eigenvalue weighted by atomic mass is 19.1. The van der Waals surface area contributed by atoms with Crippen LogP contribution in [0.15, 0.2) is 12.1 Å². The first-order valence-electron chi connectivity index (χ1n) is 6.15. The second-order valence-corrected chi connectivity index (χ2v) is 4.68. The van der Waals surface area contributed by atoms with Crippen LogP contribution < -0.4 is 10.6 Å². The van der Waals surface area contributed by atoms with Gasteiger partial charge in [0.05, 0.1) is 30.1 Å². The number of ether oxygens (including phenoxy) is 1. The van der Waals surface area contributed by atoms with E-state index in [2.05, 4.69) is 0 Å². The number of hydrogen-bond donors (Lipinski definition) is 1. The largest absolute Gasteiger partial charge is 0.395 e. The molecule has 1 aromatic carbocycles. The molecule has 2 unspecified atom stereocenters. The quantitative estimate of drug-likeness (QED) is 0.826. The van der Waals surface area contributed by atoms with Crippen LogP contribution in [0.2, 0.25) is 0 Å². The van der Waals surface area contributed by atoms with Gasteiger partial charge in [-0.3, -0.25) is 0 Å². The molecule has 0 spiro atoms. The molecule has 0 aromatic heterocycles. The van der Waals surface area contributed by atoms with Crippen LogP contribution in [0.1, 0.15) is 20.3 Å². The lowest BCUT2D eigenvalue weighted by atomic mass is 10.1. The highest BCUT2D eigenvalue weighted by molar-refractivity contribution is 5.69. The summed E-state index contributed by atoms with van der Waals surface area (Å²) in [6.07, 6.45) is 0.864. The molecule has 100 valence electrons. The Balaban J connectivity index is 2.38. The molecule has 1 saturated heterocycles. The van der Waals surface area contributed by atoms with Crippen molar-refractivity contribution in [2.24, 2.45) is 0 Å². The third-order valence-electron chi connectivity index (χ3n) is 3.32. The van der Waals surface area contributed by atoms with E-state index in [0.29, 0.717) is 18.8 Å². The molecule has 3 nitrogen and oxygen atoms in total. The summed E-state index contributed by atoms with van der Waals surface area (Å²) < 4.78 is 32.4. The van der Waals surface area contributed by atoms with E-state index in [1.54, 1.807) is 0 Å². The van der Waals surface area contributed by atoms with Crippen LogP contribution >= 0.6 is 0 Å². The highest BCUT2D eigenvalue weighted by Gasteiger charge is 2.28. The van der Waals surface area contributed by atoms with E-state index in [0.717, 1.165) is 12.5 Å². The van der Waals surface area contributed by atoms with Gasteiger partial charge in [0.25, 0.3) is 0 Å². The Morgan fingerprint density at radius 2 is 2.17 bits per heavy atom. The van der Waals surface area contributed by atoms with Crippen LogP contribution in [0.5, 0.6) is 0 Å². The number of anilines is 2. The van der Waals surface area contributed by atoms with E-state index < -0.39 is 11.6 Å². The molecule has 0 bridgehead atoms. The maximum Gasteiger partial charge on any atom is 0.151 e. The molecule has 0 radical (unpaired) electrons. The third-order valence-corrected chi connectivity index (χ3v) is 3.32. The first kappa shape index (κ1) is 13.1. The summed E-state index contributed by atoms with van der Waals surface area (Å²) in [5.74, 6) is -1.32. The summed E-state index contributed by atoms with van der Waals surface area (Å²) in [5, 5.41) is 0. The molecular weight excluding hydrogens is 238 g/mol. The molecule has 2 N–H and O–H groups in total. The van der Waals surface area contributed by atoms with Crippen LogP contribution in [0, 0.1) is 11.6 Å². The summed E-state index contributed by atoms with van der Waals surface area (Å²) in [6.45, 7) is 5.09. The average Bonchev–Trinajstić information content (AvgIpc) is 2.33. The zero-order valence-corrected chi connectivity index (χ0v) is 10.6. The fourth-order valence-electron chi connectivity index (χ4n) is 2.29. The van der Waals surface area contributed by atoms with Crippen LogP contribution in [-0.2, 0) is 4.74 Å². The van der Waals surface area contributed by atoms with Gasteiger partial charge < -0.3 is 15.4 Å². The molecule has 0 saturated carbocycles. The Morgan fingerprint density at radius 3 is 2.83 bits per heavy atom. The Labute approximate surface area is 106 Å². The first-order valence-corrected chi connectivity index (χ1v) is 6.15. The van der Waals surface area contributed by atoms with Gasteiger partial charge in [-0.25, -0.2) is 8.78 Å². The molecule has 2 rings (SSSR count). The maximum absolute atomic E-state index is 13.5. The van der Waals surface area contributed by atoms with E-state index in [9.17, 15) is 8.78 Å². The summed E-state index contributed by atoms with van der Waals surface area (Å²) >= 11 is 0. The number of nitrogens with two attached hydrogens (primary N) is 1. The number of nitrogen functional groups attached to an aromatic ring is 1. The lowest BCUT2D eigenvalue weighted by molar-refractivity contribution is 0.0300. The van der Waals surface area contributed by atoms with Gasteiger partial charge in [0.2, 0.25) is 0 Å². The van der Waals surface area contributed by atoms with Crippen molar-refractivity contribution in [3.05, 3.63) is 23.8 Å². The summed E-state index contributed by atoms with van der Waals surface area (Å²) in [4.78, 5) is 1.94. The van der Waals surface area contributed by atoms with Crippen molar-refractivity contribution in [1.82, 2.24) is 0 Å². The van der Waals surface area contributed by atoms with E-state index in [1.165, 1.54) is 6.07 Å². The zero-order chi connectivity index (χ0) is 13.3. The van der Waals surface area contributed by atoms with Gasteiger partial charge in [-0.2, -0.15) is 0 Å². The minimum Gasteiger partial charge on any atom is -0.395 e. The predicted molar refractivity (Wildman–Crippen MR) is 67.6 cm³/mol. The predicted octanol–water partition coefficient (Wildman–Crippen LogP) is 2.55. The Bertz CT molecular complexity index is 439. The van der Waals surface area contributed by atoms with Crippen LogP contribution in [0.4, 0.5) is 20.2 Å². The Kier molecular flexibility index (Phi) is 3.71. The SMILES string of the molecule is CCC1COC(C)CN1c1cc(F)cc(F)c1N. The topological polar surface area (TPSA) is 38.5 Å². The smallest absolute Gasteiger partial charge is 0.151 e. The van der Waals surface area contributed by atoms with Crippen molar-refractivity contribution in [2.75, 3.05) is 23.8 Å². The number of benzene rings is 1. The molecule has 2 atom stereocenters. The third kappa shape index (κ3) is 2.41. The van der Waals surface area contributed by atoms with Gasteiger partial charge in [0.15, 0.2) is 5.82 Å². The molecular formula is C13H18F2N2O. The second-order valence-electron chi connectivity index (χ2n) is 4.68. The summed E-state index contributed by atoms with van der Waals surface area (Å²) in [5.41, 5.74) is 6.15. The van der Waals surface area contributed by atoms with Crippen molar-refractivity contribution in [3.63, 3.8) is 0 Å². The minimum absolute atomic E-state index is 0.00366. The molecule has 18 heavy (non-hydrogen) atoms. The van der Waals surface area contributed by atoms with Crippen molar-refractivity contribution in [1.29, 1.82) is 0 Å². The normalized spacial score (nSPS) is 24.3. The van der Waals surface area contributed by atoms with Gasteiger partial charge in [-0.1, -0.05) is 6.92 Å². The van der Waals surface area contributed by atoms with Crippen molar-refractivity contribution in [2.45, 2.75) is 32.4 Å². The molecule has 1 fully saturated rings. The number of rotatable bonds is 2. The lowest BCUT2D eigenvalue weighted by Gasteiger charge is -2.40. The number of morpholine rings is 1. The van der Waals surface area contributed by atoms with Crippen LogP contribution in [0.3, 0.4) is 0 Å². The van der Waals surface area contributed by atoms with Gasteiger partial charge in [-0.05, 0) is 19.4 Å². The van der Waals surface area contributed by atoms with Crippen LogP contribution in [0.25, 0.3) is 0 Å². The fraction of sp³-hybridized carbons (Fsp3) is 0.538. The van der Waals surface area contributed by atoms with Gasteiger partial charge in [-0.15, -0.1) is 0 Å². The van der Waals surface area contributed by atoms with Gasteiger partial charge in [0.1, 0.15) is 5.82 Å². The molecule has 1 aromatic rings. The summed E-state index contributed by atoms with van der Waals surface area (Å²) in [7, 11) is 0. The number of halogens is 2. The standard InChI is InChI=1S/C13H18F2N2O/c1-3-10-7-18-8(2)6-17(10)12-5-9(14)4-11(15)13(12)16/h4-5,8,10H,3,6-7,16H2,1-2H3. The first-order chi connectivity index (χ1) is 8.52. The molecule has 0 amide bonds. The van der Waals surface area contributed by atoms with E-state index in [-0.39, 0.29) is 17.8 Å². The molecule has 1 aliphatic rings. The van der Waals surface area contributed by atoms with E-state index in [4.69, 9.17) is 10.5 Å². The van der Waals surface area contributed by atoms with Crippen molar-refractivity contribution >= 4 is 11.4 Å². The number of nitrogens with zero attached hydrogens (tertiary/aromatic N) is 1. The van der Waals surface area contributed by atoms with E-state index >= 15 is 0 Å². The molecule has 1 heterocycles. The van der Waals surface area contributed by atoms with Crippen molar-refractivity contribution in [3.8, 4) is 0 Å². The average molecular weight is 256 g/mol. The maximum atomic E-state index is 13.5. The summed E-state index contributed by atoms with van der Waals surface area (Å²) in [6, 6.07) is 2.20.